The maximum Gasteiger partial charge on any atom is 0.191 e. The highest BCUT2D eigenvalue weighted by atomic mass is 19.1. The Morgan fingerprint density at radius 3 is 2.65 bits per heavy atom. The molecule has 0 saturated carbocycles. The number of hydrogen-bond donors (Lipinski definition) is 3. The molecule has 2 aliphatic heterocycles. The quantitative estimate of drug-likeness (QED) is 0.489. The minimum Gasteiger partial charge on any atom is -0.361 e. The lowest BCUT2D eigenvalue weighted by Crippen LogP contribution is -2.62. The van der Waals surface area contributed by atoms with Gasteiger partial charge in [-0.3, -0.25) is 9.89 Å². The lowest BCUT2D eigenvalue weighted by Gasteiger charge is -2.50. The average molecular weight is 429 g/mol. The number of nitrogens with one attached hydrogen (secondary N) is 3. The van der Waals surface area contributed by atoms with E-state index in [2.05, 4.69) is 37.5 Å². The first-order chi connectivity index (χ1) is 15.1. The van der Waals surface area contributed by atoms with Gasteiger partial charge in [-0.2, -0.15) is 0 Å². The first-order valence-electron chi connectivity index (χ1n) is 11.7. The van der Waals surface area contributed by atoms with E-state index >= 15 is 0 Å². The smallest absolute Gasteiger partial charge is 0.191 e. The topological polar surface area (TPSA) is 58.7 Å². The monoisotopic (exact) mass is 428 g/mol. The number of hydrogen-bond acceptors (Lipinski definition) is 3. The van der Waals surface area contributed by atoms with Crippen LogP contribution >= 0.6 is 0 Å². The summed E-state index contributed by atoms with van der Waals surface area (Å²) < 4.78 is 13.6. The zero-order valence-corrected chi connectivity index (χ0v) is 19.0. The fraction of sp³-hybridized carbons (Fsp3) is 0.625. The van der Waals surface area contributed by atoms with E-state index in [4.69, 9.17) is 0 Å². The number of aliphatic imine (C=N–C) groups is 1. The molecule has 0 radical (unpaired) electrons. The van der Waals surface area contributed by atoms with Crippen molar-refractivity contribution in [3.63, 3.8) is 0 Å². The predicted molar refractivity (Wildman–Crippen MR) is 126 cm³/mol. The predicted octanol–water partition coefficient (Wildman–Crippen LogP) is 2.96. The molecule has 2 saturated heterocycles. The molecule has 0 aliphatic carbocycles. The Morgan fingerprint density at radius 2 is 1.90 bits per heavy atom. The van der Waals surface area contributed by atoms with Gasteiger partial charge in [0.25, 0.3) is 0 Å². The van der Waals surface area contributed by atoms with Crippen molar-refractivity contribution in [3.05, 3.63) is 35.8 Å². The summed E-state index contributed by atoms with van der Waals surface area (Å²) in [4.78, 5) is 12.9. The minimum atomic E-state index is -0.195. The zero-order chi connectivity index (χ0) is 21.7. The summed E-state index contributed by atoms with van der Waals surface area (Å²) in [6, 6.07) is 4.90. The summed E-state index contributed by atoms with van der Waals surface area (Å²) in [6.07, 6.45) is 9.19. The Kier molecular flexibility index (Phi) is 7.13. The van der Waals surface area contributed by atoms with Crippen molar-refractivity contribution < 1.29 is 4.39 Å². The second kappa shape index (κ2) is 10.0. The highest BCUT2D eigenvalue weighted by molar-refractivity contribution is 5.83. The largest absolute Gasteiger partial charge is 0.361 e. The van der Waals surface area contributed by atoms with E-state index < -0.39 is 0 Å². The van der Waals surface area contributed by atoms with E-state index in [-0.39, 0.29) is 11.4 Å². The van der Waals surface area contributed by atoms with E-state index in [1.165, 1.54) is 51.3 Å². The number of nitrogens with zero attached hydrogens (tertiary/aromatic N) is 3. The summed E-state index contributed by atoms with van der Waals surface area (Å²) in [5.41, 5.74) is 2.32. The van der Waals surface area contributed by atoms with E-state index in [0.717, 1.165) is 55.0 Å². The van der Waals surface area contributed by atoms with Gasteiger partial charge in [0, 0.05) is 42.8 Å². The van der Waals surface area contributed by atoms with Gasteiger partial charge in [0.1, 0.15) is 5.82 Å². The minimum absolute atomic E-state index is 0.195. The molecule has 0 atom stereocenters. The van der Waals surface area contributed by atoms with Crippen LogP contribution in [0.2, 0.25) is 0 Å². The van der Waals surface area contributed by atoms with E-state index in [9.17, 15) is 4.39 Å². The molecule has 170 valence electrons. The molecule has 1 aromatic carbocycles. The maximum absolute atomic E-state index is 13.6. The summed E-state index contributed by atoms with van der Waals surface area (Å²) in [5.74, 6) is 0.654. The molecular weight excluding hydrogens is 391 g/mol. The average Bonchev–Trinajstić information content (AvgIpc) is 3.20. The van der Waals surface area contributed by atoms with Crippen LogP contribution in [0.25, 0.3) is 10.9 Å². The van der Waals surface area contributed by atoms with Gasteiger partial charge < -0.3 is 20.5 Å². The third-order valence-electron chi connectivity index (χ3n) is 7.17. The van der Waals surface area contributed by atoms with Crippen LogP contribution in [-0.2, 0) is 6.42 Å². The summed E-state index contributed by atoms with van der Waals surface area (Å²) in [5, 5.41) is 8.05. The van der Waals surface area contributed by atoms with Gasteiger partial charge in [-0.1, -0.05) is 6.42 Å². The first-order valence-corrected chi connectivity index (χ1v) is 11.7. The second-order valence-corrected chi connectivity index (χ2v) is 9.18. The number of aromatic amines is 1. The molecule has 0 bridgehead atoms. The zero-order valence-electron chi connectivity index (χ0n) is 19.0. The molecule has 0 amide bonds. The molecule has 31 heavy (non-hydrogen) atoms. The standard InChI is InChI=1S/C24H37FN6/c1-26-23(27-11-8-19-17-28-22-7-6-20(25)16-21(19)22)29-18-24(9-14-30(2)15-10-24)31-12-4-3-5-13-31/h6-7,16-17,28H,3-5,8-15,18H2,1-2H3,(H2,26,27,29). The van der Waals surface area contributed by atoms with Crippen LogP contribution in [0.3, 0.4) is 0 Å². The Morgan fingerprint density at radius 1 is 1.13 bits per heavy atom. The van der Waals surface area contributed by atoms with Crippen molar-refractivity contribution in [3.8, 4) is 0 Å². The Balaban J connectivity index is 1.33. The third-order valence-corrected chi connectivity index (χ3v) is 7.17. The van der Waals surface area contributed by atoms with E-state index in [1.54, 1.807) is 12.1 Å². The normalized spacial score (nSPS) is 20.8. The lowest BCUT2D eigenvalue weighted by atomic mass is 9.84. The molecule has 1 aromatic heterocycles. The fourth-order valence-electron chi connectivity index (χ4n) is 5.15. The summed E-state index contributed by atoms with van der Waals surface area (Å²) >= 11 is 0. The number of fused-ring (bicyclic) bond motifs is 1. The van der Waals surface area contributed by atoms with Crippen molar-refractivity contribution in [2.24, 2.45) is 4.99 Å². The second-order valence-electron chi connectivity index (χ2n) is 9.18. The van der Waals surface area contributed by atoms with Gasteiger partial charge in [-0.05, 0) is 89.1 Å². The number of halogens is 1. The number of guanidine groups is 1. The Hall–Kier alpha value is -2.12. The van der Waals surface area contributed by atoms with Crippen LogP contribution in [0.5, 0.6) is 0 Å². The van der Waals surface area contributed by atoms with Gasteiger partial charge in [-0.15, -0.1) is 0 Å². The molecule has 6 nitrogen and oxygen atoms in total. The summed E-state index contributed by atoms with van der Waals surface area (Å²) in [6.45, 7) is 6.42. The Bertz CT molecular complexity index is 877. The van der Waals surface area contributed by atoms with E-state index in [0.29, 0.717) is 0 Å². The van der Waals surface area contributed by atoms with Gasteiger partial charge in [0.15, 0.2) is 5.96 Å². The number of piperidine rings is 2. The molecule has 2 fully saturated rings. The highest BCUT2D eigenvalue weighted by Gasteiger charge is 2.39. The fourth-order valence-corrected chi connectivity index (χ4v) is 5.15. The number of benzene rings is 1. The van der Waals surface area contributed by atoms with Crippen LogP contribution in [-0.4, -0.2) is 79.6 Å². The van der Waals surface area contributed by atoms with Crippen LogP contribution in [0.1, 0.15) is 37.7 Å². The molecule has 4 rings (SSSR count). The van der Waals surface area contributed by atoms with E-state index in [1.807, 2.05) is 13.2 Å². The van der Waals surface area contributed by atoms with Gasteiger partial charge >= 0.3 is 0 Å². The molecule has 2 aromatic rings. The number of likely N-dealkylation sites (tertiary alicyclic amines) is 2. The van der Waals surface area contributed by atoms with Crippen LogP contribution in [0.15, 0.2) is 29.4 Å². The van der Waals surface area contributed by atoms with Crippen molar-refractivity contribution in [1.82, 2.24) is 25.4 Å². The van der Waals surface area contributed by atoms with Crippen molar-refractivity contribution in [2.75, 3.05) is 53.4 Å². The third kappa shape index (κ3) is 5.21. The van der Waals surface area contributed by atoms with Crippen molar-refractivity contribution in [2.45, 2.75) is 44.1 Å². The molecule has 3 N–H and O–H groups in total. The highest BCUT2D eigenvalue weighted by Crippen LogP contribution is 2.30. The first kappa shape index (κ1) is 22.1. The van der Waals surface area contributed by atoms with Crippen LogP contribution in [0.4, 0.5) is 4.39 Å². The van der Waals surface area contributed by atoms with Crippen LogP contribution < -0.4 is 10.6 Å². The molecular formula is C24H37FN6. The van der Waals surface area contributed by atoms with Gasteiger partial charge in [0.05, 0.1) is 0 Å². The lowest BCUT2D eigenvalue weighted by molar-refractivity contribution is 0.0173. The SMILES string of the molecule is CN=C(NCCc1c[nH]c2ccc(F)cc12)NCC1(N2CCCCC2)CCN(C)CC1. The van der Waals surface area contributed by atoms with Gasteiger partial charge in [0.2, 0.25) is 0 Å². The van der Waals surface area contributed by atoms with Gasteiger partial charge in [-0.25, -0.2) is 4.39 Å². The number of rotatable bonds is 6. The van der Waals surface area contributed by atoms with Crippen molar-refractivity contribution in [1.29, 1.82) is 0 Å². The molecule has 2 aliphatic rings. The number of H-pyrrole nitrogens is 1. The van der Waals surface area contributed by atoms with Crippen molar-refractivity contribution >= 4 is 16.9 Å². The Labute approximate surface area is 185 Å². The molecule has 7 heteroatoms. The molecule has 0 unspecified atom stereocenters. The molecule has 0 spiro atoms. The number of aromatic nitrogens is 1. The maximum atomic E-state index is 13.6. The van der Waals surface area contributed by atoms with Crippen LogP contribution in [0, 0.1) is 5.82 Å². The summed E-state index contributed by atoms with van der Waals surface area (Å²) in [7, 11) is 4.06. The molecule has 3 heterocycles.